The van der Waals surface area contributed by atoms with Crippen molar-refractivity contribution >= 4 is 12.4 Å². The molecular weight excluding hydrogens is 184 g/mol. The van der Waals surface area contributed by atoms with Crippen LogP contribution in [0.2, 0.25) is 0 Å². The highest BCUT2D eigenvalue weighted by molar-refractivity contribution is 5.85. The monoisotopic (exact) mass is 204 g/mol. The lowest BCUT2D eigenvalue weighted by Gasteiger charge is -2.18. The number of rotatable bonds is 2. The molecule has 2 aliphatic rings. The van der Waals surface area contributed by atoms with E-state index in [-0.39, 0.29) is 12.4 Å². The van der Waals surface area contributed by atoms with Gasteiger partial charge in [-0.25, -0.2) is 0 Å². The first-order valence-corrected chi connectivity index (χ1v) is 5.23. The van der Waals surface area contributed by atoms with Crippen LogP contribution in [0.5, 0.6) is 0 Å². The summed E-state index contributed by atoms with van der Waals surface area (Å²) in [7, 11) is 0. The molecule has 0 radical (unpaired) electrons. The van der Waals surface area contributed by atoms with Crippen molar-refractivity contribution in [2.45, 2.75) is 32.2 Å². The third-order valence-corrected chi connectivity index (χ3v) is 3.35. The van der Waals surface area contributed by atoms with Gasteiger partial charge in [-0.2, -0.15) is 0 Å². The first kappa shape index (κ1) is 11.3. The summed E-state index contributed by atoms with van der Waals surface area (Å²) in [5, 5.41) is 0. The summed E-state index contributed by atoms with van der Waals surface area (Å²) in [5.41, 5.74) is 5.78. The molecule has 1 heterocycles. The molecule has 13 heavy (non-hydrogen) atoms. The Morgan fingerprint density at radius 1 is 1.31 bits per heavy atom. The first-order valence-electron chi connectivity index (χ1n) is 5.23. The maximum absolute atomic E-state index is 5.78. The maximum Gasteiger partial charge on any atom is 0.0139 e. The van der Waals surface area contributed by atoms with Crippen LogP contribution in [-0.2, 0) is 0 Å². The van der Waals surface area contributed by atoms with E-state index in [0.717, 1.165) is 18.4 Å². The van der Waals surface area contributed by atoms with Crippen LogP contribution in [0.3, 0.4) is 0 Å². The van der Waals surface area contributed by atoms with Crippen molar-refractivity contribution in [2.75, 3.05) is 19.6 Å². The van der Waals surface area contributed by atoms with Crippen LogP contribution in [0, 0.1) is 11.8 Å². The zero-order chi connectivity index (χ0) is 8.55. The van der Waals surface area contributed by atoms with Gasteiger partial charge < -0.3 is 10.6 Å². The number of fused-ring (bicyclic) bond motifs is 1. The van der Waals surface area contributed by atoms with Crippen molar-refractivity contribution in [1.82, 2.24) is 4.90 Å². The number of hydrogen-bond acceptors (Lipinski definition) is 2. The third-order valence-electron chi connectivity index (χ3n) is 3.35. The molecule has 0 spiro atoms. The lowest BCUT2D eigenvalue weighted by Crippen LogP contribution is -2.34. The van der Waals surface area contributed by atoms with Crippen molar-refractivity contribution in [3.63, 3.8) is 0 Å². The van der Waals surface area contributed by atoms with Gasteiger partial charge >= 0.3 is 0 Å². The largest absolute Gasteiger partial charge is 0.327 e. The summed E-state index contributed by atoms with van der Waals surface area (Å²) in [6, 6.07) is 0.351. The fourth-order valence-electron chi connectivity index (χ4n) is 2.89. The van der Waals surface area contributed by atoms with Crippen molar-refractivity contribution in [3.05, 3.63) is 0 Å². The van der Waals surface area contributed by atoms with E-state index < -0.39 is 0 Å². The predicted molar refractivity (Wildman–Crippen MR) is 58.2 cm³/mol. The molecule has 1 saturated carbocycles. The van der Waals surface area contributed by atoms with Crippen molar-refractivity contribution in [1.29, 1.82) is 0 Å². The topological polar surface area (TPSA) is 29.3 Å². The highest BCUT2D eigenvalue weighted by atomic mass is 35.5. The van der Waals surface area contributed by atoms with E-state index in [9.17, 15) is 0 Å². The average molecular weight is 205 g/mol. The van der Waals surface area contributed by atoms with Gasteiger partial charge in [0.2, 0.25) is 0 Å². The summed E-state index contributed by atoms with van der Waals surface area (Å²) >= 11 is 0. The molecule has 3 atom stereocenters. The molecule has 2 fully saturated rings. The zero-order valence-corrected chi connectivity index (χ0v) is 9.22. The Hall–Kier alpha value is 0.210. The summed E-state index contributed by atoms with van der Waals surface area (Å²) < 4.78 is 0. The van der Waals surface area contributed by atoms with E-state index in [1.807, 2.05) is 0 Å². The molecule has 2 unspecified atom stereocenters. The molecule has 0 aromatic heterocycles. The highest BCUT2D eigenvalue weighted by Gasteiger charge is 2.35. The van der Waals surface area contributed by atoms with Crippen LogP contribution in [0.1, 0.15) is 26.2 Å². The standard InChI is InChI=1S/C10H20N2.ClH/c1-8(11)5-12-6-9-3-2-4-10(9)7-12;/h8-10H,2-7,11H2,1H3;1H/t8-,9?,10?;/m1./s1. The smallest absolute Gasteiger partial charge is 0.0139 e. The third kappa shape index (κ3) is 2.58. The van der Waals surface area contributed by atoms with Crippen LogP contribution in [0.15, 0.2) is 0 Å². The van der Waals surface area contributed by atoms with Crippen LogP contribution < -0.4 is 5.73 Å². The van der Waals surface area contributed by atoms with E-state index >= 15 is 0 Å². The predicted octanol–water partition coefficient (Wildman–Crippen LogP) is 1.49. The fourth-order valence-corrected chi connectivity index (χ4v) is 2.89. The van der Waals surface area contributed by atoms with Crippen LogP contribution in [0.25, 0.3) is 0 Å². The molecule has 0 amide bonds. The molecule has 1 aliphatic heterocycles. The zero-order valence-electron chi connectivity index (χ0n) is 8.41. The molecule has 0 bridgehead atoms. The Morgan fingerprint density at radius 2 is 1.85 bits per heavy atom. The molecule has 0 aromatic rings. The highest BCUT2D eigenvalue weighted by Crippen LogP contribution is 2.37. The summed E-state index contributed by atoms with van der Waals surface area (Å²) in [6.07, 6.45) is 4.42. The normalized spacial score (nSPS) is 35.5. The Kier molecular flexibility index (Phi) is 4.02. The van der Waals surface area contributed by atoms with E-state index in [4.69, 9.17) is 5.73 Å². The maximum atomic E-state index is 5.78. The van der Waals surface area contributed by atoms with Gasteiger partial charge in [0, 0.05) is 25.7 Å². The van der Waals surface area contributed by atoms with Crippen molar-refractivity contribution < 1.29 is 0 Å². The number of halogens is 1. The SMILES string of the molecule is C[C@@H](N)CN1CC2CCCC2C1.Cl. The van der Waals surface area contributed by atoms with Gasteiger partial charge in [0.1, 0.15) is 0 Å². The van der Waals surface area contributed by atoms with Gasteiger partial charge in [-0.05, 0) is 31.6 Å². The van der Waals surface area contributed by atoms with Gasteiger partial charge in [0.25, 0.3) is 0 Å². The second kappa shape index (κ2) is 4.63. The Labute approximate surface area is 87.3 Å². The number of hydrogen-bond donors (Lipinski definition) is 1. The minimum atomic E-state index is 0. The molecule has 78 valence electrons. The number of likely N-dealkylation sites (tertiary alicyclic amines) is 1. The molecule has 2 N–H and O–H groups in total. The first-order chi connectivity index (χ1) is 5.75. The minimum absolute atomic E-state index is 0. The van der Waals surface area contributed by atoms with E-state index in [0.29, 0.717) is 6.04 Å². The van der Waals surface area contributed by atoms with Crippen molar-refractivity contribution in [2.24, 2.45) is 17.6 Å². The van der Waals surface area contributed by atoms with Gasteiger partial charge in [-0.15, -0.1) is 12.4 Å². The molecular formula is C10H21ClN2. The van der Waals surface area contributed by atoms with Gasteiger partial charge in [0.05, 0.1) is 0 Å². The van der Waals surface area contributed by atoms with Crippen LogP contribution >= 0.6 is 12.4 Å². The van der Waals surface area contributed by atoms with Crippen molar-refractivity contribution in [3.8, 4) is 0 Å². The van der Waals surface area contributed by atoms with Crippen LogP contribution in [0.4, 0.5) is 0 Å². The fraction of sp³-hybridized carbons (Fsp3) is 1.00. The summed E-state index contributed by atoms with van der Waals surface area (Å²) in [5.74, 6) is 2.03. The van der Waals surface area contributed by atoms with Crippen LogP contribution in [-0.4, -0.2) is 30.6 Å². The van der Waals surface area contributed by atoms with E-state index in [1.54, 1.807) is 0 Å². The second-order valence-corrected chi connectivity index (χ2v) is 4.65. The van der Waals surface area contributed by atoms with Gasteiger partial charge in [0.15, 0.2) is 0 Å². The second-order valence-electron chi connectivity index (χ2n) is 4.65. The molecule has 1 saturated heterocycles. The van der Waals surface area contributed by atoms with E-state index in [2.05, 4.69) is 11.8 Å². The molecule has 2 nitrogen and oxygen atoms in total. The van der Waals surface area contributed by atoms with Gasteiger partial charge in [-0.1, -0.05) is 6.42 Å². The minimum Gasteiger partial charge on any atom is -0.327 e. The molecule has 3 heteroatoms. The lowest BCUT2D eigenvalue weighted by atomic mass is 10.0. The average Bonchev–Trinajstić information content (AvgIpc) is 2.43. The Morgan fingerprint density at radius 3 is 2.31 bits per heavy atom. The number of nitrogens with two attached hydrogens (primary N) is 1. The lowest BCUT2D eigenvalue weighted by molar-refractivity contribution is 0.296. The summed E-state index contributed by atoms with van der Waals surface area (Å²) in [4.78, 5) is 2.55. The quantitative estimate of drug-likeness (QED) is 0.739. The Bertz CT molecular complexity index is 149. The number of nitrogens with zero attached hydrogens (tertiary/aromatic N) is 1. The molecule has 2 rings (SSSR count). The molecule has 0 aromatic carbocycles. The van der Waals surface area contributed by atoms with E-state index in [1.165, 1.54) is 32.4 Å². The molecule has 1 aliphatic carbocycles. The Balaban J connectivity index is 0.000000845. The summed E-state index contributed by atoms with van der Waals surface area (Å²) in [6.45, 7) is 5.86. The van der Waals surface area contributed by atoms with Gasteiger partial charge in [-0.3, -0.25) is 0 Å².